The number of carbonyl (C=O) groups is 2. The molecule has 2 aliphatic rings. The van der Waals surface area contributed by atoms with Crippen molar-refractivity contribution in [3.05, 3.63) is 35.4 Å². The third kappa shape index (κ3) is 4.47. The lowest BCUT2D eigenvalue weighted by molar-refractivity contribution is -0.126. The van der Waals surface area contributed by atoms with E-state index in [2.05, 4.69) is 29.7 Å². The molecule has 1 saturated heterocycles. The van der Waals surface area contributed by atoms with E-state index in [9.17, 15) is 9.59 Å². The Morgan fingerprint density at radius 1 is 1.09 bits per heavy atom. The first kappa shape index (κ1) is 15.8. The van der Waals surface area contributed by atoms with Crippen LogP contribution in [0.2, 0.25) is 0 Å². The number of aryl methyl sites for hydroxylation is 1. The summed E-state index contributed by atoms with van der Waals surface area (Å²) in [7, 11) is 0. The Morgan fingerprint density at radius 2 is 1.74 bits per heavy atom. The van der Waals surface area contributed by atoms with Gasteiger partial charge in [0.05, 0.1) is 0 Å². The molecule has 2 N–H and O–H groups in total. The Labute approximate surface area is 137 Å². The van der Waals surface area contributed by atoms with Crippen molar-refractivity contribution in [3.8, 4) is 0 Å². The average Bonchev–Trinajstić information content (AvgIpc) is 3.38. The predicted molar refractivity (Wildman–Crippen MR) is 88.9 cm³/mol. The minimum absolute atomic E-state index is 0.0189. The summed E-state index contributed by atoms with van der Waals surface area (Å²) < 4.78 is 0. The van der Waals surface area contributed by atoms with Crippen LogP contribution >= 0.6 is 0 Å². The van der Waals surface area contributed by atoms with E-state index >= 15 is 0 Å². The predicted octanol–water partition coefficient (Wildman–Crippen LogP) is 2.20. The van der Waals surface area contributed by atoms with Gasteiger partial charge in [-0.05, 0) is 38.2 Å². The molecular formula is C18H25N3O2. The highest BCUT2D eigenvalue weighted by molar-refractivity contribution is 5.79. The highest BCUT2D eigenvalue weighted by atomic mass is 16.2. The Kier molecular flexibility index (Phi) is 4.84. The Morgan fingerprint density at radius 3 is 2.35 bits per heavy atom. The van der Waals surface area contributed by atoms with Gasteiger partial charge in [-0.15, -0.1) is 0 Å². The third-order valence-electron chi connectivity index (χ3n) is 4.65. The summed E-state index contributed by atoms with van der Waals surface area (Å²) in [5, 5.41) is 6.02. The fourth-order valence-electron chi connectivity index (χ4n) is 2.88. The van der Waals surface area contributed by atoms with Gasteiger partial charge in [0.25, 0.3) is 0 Å². The normalized spacial score (nSPS) is 18.6. The molecule has 5 heteroatoms. The molecule has 3 amide bonds. The molecule has 0 aromatic heterocycles. The Hall–Kier alpha value is -2.04. The molecule has 1 aromatic carbocycles. The quantitative estimate of drug-likeness (QED) is 0.895. The fraction of sp³-hybridized carbons (Fsp3) is 0.556. The van der Waals surface area contributed by atoms with Gasteiger partial charge in [0.1, 0.15) is 0 Å². The number of likely N-dealkylation sites (tertiary alicyclic amines) is 1. The van der Waals surface area contributed by atoms with E-state index in [1.54, 1.807) is 0 Å². The zero-order chi connectivity index (χ0) is 16.2. The molecule has 3 rings (SSSR count). The number of hydrogen-bond acceptors (Lipinski definition) is 2. The van der Waals surface area contributed by atoms with Crippen LogP contribution in [-0.2, 0) is 11.3 Å². The van der Waals surface area contributed by atoms with Crippen molar-refractivity contribution in [2.24, 2.45) is 5.92 Å². The van der Waals surface area contributed by atoms with Crippen LogP contribution in [0, 0.1) is 12.8 Å². The summed E-state index contributed by atoms with van der Waals surface area (Å²) >= 11 is 0. The van der Waals surface area contributed by atoms with Gasteiger partial charge in [-0.3, -0.25) is 4.79 Å². The molecule has 0 bridgehead atoms. The molecule has 0 unspecified atom stereocenters. The molecule has 5 nitrogen and oxygen atoms in total. The molecule has 1 heterocycles. The lowest BCUT2D eigenvalue weighted by Crippen LogP contribution is -2.47. The lowest BCUT2D eigenvalue weighted by Gasteiger charge is -2.31. The molecule has 1 aliphatic heterocycles. The van der Waals surface area contributed by atoms with Gasteiger partial charge < -0.3 is 15.5 Å². The SMILES string of the molecule is Cc1ccc(CNC(=O)C2CCN(C(=O)NC3CC3)CC2)cc1. The van der Waals surface area contributed by atoms with Crippen molar-refractivity contribution in [1.29, 1.82) is 0 Å². The third-order valence-corrected chi connectivity index (χ3v) is 4.65. The molecule has 0 spiro atoms. The van der Waals surface area contributed by atoms with Crippen LogP contribution in [-0.4, -0.2) is 36.0 Å². The van der Waals surface area contributed by atoms with Gasteiger partial charge in [-0.25, -0.2) is 4.79 Å². The van der Waals surface area contributed by atoms with Crippen molar-refractivity contribution >= 4 is 11.9 Å². The lowest BCUT2D eigenvalue weighted by atomic mass is 9.96. The van der Waals surface area contributed by atoms with Gasteiger partial charge in [-0.1, -0.05) is 29.8 Å². The smallest absolute Gasteiger partial charge is 0.317 e. The van der Waals surface area contributed by atoms with E-state index in [-0.39, 0.29) is 17.9 Å². The molecule has 0 atom stereocenters. The van der Waals surface area contributed by atoms with Crippen LogP contribution in [0.3, 0.4) is 0 Å². The van der Waals surface area contributed by atoms with Crippen LogP contribution in [0.15, 0.2) is 24.3 Å². The van der Waals surface area contributed by atoms with Gasteiger partial charge in [0, 0.05) is 31.6 Å². The average molecular weight is 315 g/mol. The maximum Gasteiger partial charge on any atom is 0.317 e. The molecular weight excluding hydrogens is 290 g/mol. The number of rotatable bonds is 4. The van der Waals surface area contributed by atoms with Crippen molar-refractivity contribution in [3.63, 3.8) is 0 Å². The van der Waals surface area contributed by atoms with Crippen LogP contribution < -0.4 is 10.6 Å². The van der Waals surface area contributed by atoms with E-state index in [1.807, 2.05) is 17.0 Å². The molecule has 0 radical (unpaired) electrons. The first-order valence-electron chi connectivity index (χ1n) is 8.50. The second kappa shape index (κ2) is 7.02. The first-order chi connectivity index (χ1) is 11.1. The molecule has 23 heavy (non-hydrogen) atoms. The second-order valence-corrected chi connectivity index (χ2v) is 6.69. The summed E-state index contributed by atoms with van der Waals surface area (Å²) in [6.45, 7) is 3.96. The zero-order valence-electron chi connectivity index (χ0n) is 13.7. The minimum Gasteiger partial charge on any atom is -0.352 e. The van der Waals surface area contributed by atoms with E-state index < -0.39 is 0 Å². The van der Waals surface area contributed by atoms with E-state index in [0.717, 1.165) is 31.2 Å². The summed E-state index contributed by atoms with van der Waals surface area (Å²) in [5.74, 6) is 0.123. The van der Waals surface area contributed by atoms with Crippen molar-refractivity contribution in [1.82, 2.24) is 15.5 Å². The standard InChI is InChI=1S/C18H25N3O2/c1-13-2-4-14(5-3-13)12-19-17(22)15-8-10-21(11-9-15)18(23)20-16-6-7-16/h2-5,15-16H,6-12H2,1H3,(H,19,22)(H,20,23). The van der Waals surface area contributed by atoms with E-state index in [1.165, 1.54) is 5.56 Å². The zero-order valence-corrected chi connectivity index (χ0v) is 13.7. The van der Waals surface area contributed by atoms with E-state index in [4.69, 9.17) is 0 Å². The number of piperidine rings is 1. The van der Waals surface area contributed by atoms with Gasteiger partial charge in [0.15, 0.2) is 0 Å². The highest BCUT2D eigenvalue weighted by Crippen LogP contribution is 2.21. The number of nitrogens with zero attached hydrogens (tertiary/aromatic N) is 1. The number of hydrogen-bond donors (Lipinski definition) is 2. The van der Waals surface area contributed by atoms with Crippen LogP contribution in [0.1, 0.15) is 36.8 Å². The fourth-order valence-corrected chi connectivity index (χ4v) is 2.88. The first-order valence-corrected chi connectivity index (χ1v) is 8.50. The molecule has 1 aliphatic carbocycles. The summed E-state index contributed by atoms with van der Waals surface area (Å²) in [5.41, 5.74) is 2.34. The van der Waals surface area contributed by atoms with Crippen molar-refractivity contribution < 1.29 is 9.59 Å². The minimum atomic E-state index is 0.0189. The molecule has 2 fully saturated rings. The summed E-state index contributed by atoms with van der Waals surface area (Å²) in [4.78, 5) is 26.1. The molecule has 124 valence electrons. The topological polar surface area (TPSA) is 61.4 Å². The number of carbonyl (C=O) groups excluding carboxylic acids is 2. The van der Waals surface area contributed by atoms with Crippen LogP contribution in [0.25, 0.3) is 0 Å². The number of urea groups is 1. The molecule has 1 saturated carbocycles. The van der Waals surface area contributed by atoms with Gasteiger partial charge in [-0.2, -0.15) is 0 Å². The highest BCUT2D eigenvalue weighted by Gasteiger charge is 2.30. The number of nitrogens with one attached hydrogen (secondary N) is 2. The maximum absolute atomic E-state index is 12.3. The van der Waals surface area contributed by atoms with Crippen LogP contribution in [0.5, 0.6) is 0 Å². The van der Waals surface area contributed by atoms with Crippen molar-refractivity contribution in [2.75, 3.05) is 13.1 Å². The van der Waals surface area contributed by atoms with Gasteiger partial charge >= 0.3 is 6.03 Å². The van der Waals surface area contributed by atoms with Crippen molar-refractivity contribution in [2.45, 2.75) is 45.2 Å². The Balaban J connectivity index is 1.40. The summed E-state index contributed by atoms with van der Waals surface area (Å²) in [6, 6.07) is 8.61. The Bertz CT molecular complexity index is 558. The number of benzene rings is 1. The largest absolute Gasteiger partial charge is 0.352 e. The van der Waals surface area contributed by atoms with E-state index in [0.29, 0.717) is 25.7 Å². The summed E-state index contributed by atoms with van der Waals surface area (Å²) in [6.07, 6.45) is 3.70. The number of amides is 3. The second-order valence-electron chi connectivity index (χ2n) is 6.69. The maximum atomic E-state index is 12.3. The van der Waals surface area contributed by atoms with Gasteiger partial charge in [0.2, 0.25) is 5.91 Å². The van der Waals surface area contributed by atoms with Crippen LogP contribution in [0.4, 0.5) is 4.79 Å². The monoisotopic (exact) mass is 315 g/mol. The molecule has 1 aromatic rings.